The molecule has 36 heavy (non-hydrogen) atoms. The Morgan fingerprint density at radius 1 is 0.861 bits per heavy atom. The van der Waals surface area contributed by atoms with Gasteiger partial charge in [-0.05, 0) is 55.9 Å². The van der Waals surface area contributed by atoms with E-state index in [4.69, 9.17) is 0 Å². The van der Waals surface area contributed by atoms with Gasteiger partial charge in [0.1, 0.15) is 0 Å². The van der Waals surface area contributed by atoms with Crippen LogP contribution in [0.5, 0.6) is 0 Å². The Hall–Kier alpha value is -4.18. The maximum Gasteiger partial charge on any atom is 0.255 e. The molecule has 0 aliphatic rings. The van der Waals surface area contributed by atoms with Crippen molar-refractivity contribution in [3.8, 4) is 0 Å². The lowest BCUT2D eigenvalue weighted by Gasteiger charge is -2.25. The van der Waals surface area contributed by atoms with Gasteiger partial charge < -0.3 is 16.0 Å². The average Bonchev–Trinajstić information content (AvgIpc) is 2.88. The molecule has 3 aromatic carbocycles. The molecule has 7 nitrogen and oxygen atoms in total. The molecule has 188 valence electrons. The number of anilines is 2. The summed E-state index contributed by atoms with van der Waals surface area (Å²) in [6.07, 6.45) is 0. The van der Waals surface area contributed by atoms with Crippen LogP contribution in [0.3, 0.4) is 0 Å². The minimum Gasteiger partial charge on any atom is -0.346 e. The highest BCUT2D eigenvalue weighted by atomic mass is 19.2. The number of benzene rings is 3. The Morgan fingerprint density at radius 2 is 1.58 bits per heavy atom. The number of hydrogen-bond donors (Lipinski definition) is 3. The van der Waals surface area contributed by atoms with Crippen molar-refractivity contribution >= 4 is 29.1 Å². The lowest BCUT2D eigenvalue weighted by molar-refractivity contribution is -0.125. The summed E-state index contributed by atoms with van der Waals surface area (Å²) in [5, 5.41) is 7.33. The average molecular weight is 499 g/mol. The van der Waals surface area contributed by atoms with Crippen LogP contribution in [0.2, 0.25) is 0 Å². The van der Waals surface area contributed by atoms with E-state index in [1.165, 1.54) is 0 Å². The van der Waals surface area contributed by atoms with Crippen molar-refractivity contribution in [3.63, 3.8) is 0 Å². The Bertz CT molecular complexity index is 1250. The molecule has 3 aromatic rings. The minimum absolute atomic E-state index is 0.0609. The van der Waals surface area contributed by atoms with Gasteiger partial charge >= 0.3 is 0 Å². The highest BCUT2D eigenvalue weighted by Crippen LogP contribution is 2.22. The molecule has 1 unspecified atom stereocenters. The van der Waals surface area contributed by atoms with E-state index in [0.29, 0.717) is 17.3 Å². The number of nitrogens with zero attached hydrogens (tertiary/aromatic N) is 1. The second-order valence-corrected chi connectivity index (χ2v) is 8.08. The second-order valence-electron chi connectivity index (χ2n) is 8.08. The van der Waals surface area contributed by atoms with Crippen LogP contribution in [-0.2, 0) is 9.59 Å². The molecule has 0 aliphatic carbocycles. The van der Waals surface area contributed by atoms with Crippen LogP contribution >= 0.6 is 0 Å². The van der Waals surface area contributed by atoms with Gasteiger partial charge in [0.15, 0.2) is 17.5 Å². The van der Waals surface area contributed by atoms with E-state index >= 15 is 0 Å². The van der Waals surface area contributed by atoms with Crippen LogP contribution in [0.1, 0.15) is 28.9 Å². The maximum atomic E-state index is 13.7. The Morgan fingerprint density at radius 3 is 2.31 bits per heavy atom. The summed E-state index contributed by atoms with van der Waals surface area (Å²) in [5.74, 6) is -6.11. The summed E-state index contributed by atoms with van der Waals surface area (Å²) in [6.45, 7) is 1.33. The number of halogens is 3. The van der Waals surface area contributed by atoms with Crippen molar-refractivity contribution in [2.45, 2.75) is 13.0 Å². The number of amides is 3. The first kappa shape index (κ1) is 26.4. The third-order valence-corrected chi connectivity index (χ3v) is 5.47. The SMILES string of the molecule is CC(c1cccc(NC(=O)c2ccccc2)c1)N(C)CC(=O)NCC(=O)Nc1ccc(F)c(F)c1F. The topological polar surface area (TPSA) is 90.5 Å². The monoisotopic (exact) mass is 498 g/mol. The molecule has 0 aromatic heterocycles. The Kier molecular flexibility index (Phi) is 8.80. The van der Waals surface area contributed by atoms with E-state index in [1.54, 1.807) is 48.3 Å². The van der Waals surface area contributed by atoms with E-state index in [1.807, 2.05) is 25.1 Å². The lowest BCUT2D eigenvalue weighted by atomic mass is 10.1. The molecular formula is C26H25F3N4O3. The first-order valence-electron chi connectivity index (χ1n) is 11.0. The summed E-state index contributed by atoms with van der Waals surface area (Å²) < 4.78 is 40.0. The number of rotatable bonds is 9. The van der Waals surface area contributed by atoms with Crippen molar-refractivity contribution in [1.82, 2.24) is 10.2 Å². The number of likely N-dealkylation sites (N-methyl/N-ethyl adjacent to an activating group) is 1. The highest BCUT2D eigenvalue weighted by Gasteiger charge is 2.18. The smallest absolute Gasteiger partial charge is 0.255 e. The standard InChI is InChI=1S/C26H25F3N4O3/c1-16(18-9-6-10-19(13-18)31-26(36)17-7-4-3-5-8-17)33(2)15-23(35)30-14-22(34)32-21-12-11-20(27)24(28)25(21)29/h3-13,16H,14-15H2,1-2H3,(H,30,35)(H,31,36)(H,32,34). The van der Waals surface area contributed by atoms with Crippen LogP contribution in [0.4, 0.5) is 24.5 Å². The third kappa shape index (κ3) is 6.92. The lowest BCUT2D eigenvalue weighted by Crippen LogP contribution is -2.40. The summed E-state index contributed by atoms with van der Waals surface area (Å²) >= 11 is 0. The van der Waals surface area contributed by atoms with Crippen molar-refractivity contribution < 1.29 is 27.6 Å². The number of hydrogen-bond acceptors (Lipinski definition) is 4. The minimum atomic E-state index is -1.70. The van der Waals surface area contributed by atoms with Crippen LogP contribution in [-0.4, -0.2) is 42.8 Å². The van der Waals surface area contributed by atoms with Gasteiger partial charge in [-0.15, -0.1) is 0 Å². The zero-order valence-corrected chi connectivity index (χ0v) is 19.6. The maximum absolute atomic E-state index is 13.7. The fourth-order valence-corrected chi connectivity index (χ4v) is 3.34. The van der Waals surface area contributed by atoms with Gasteiger partial charge in [0.2, 0.25) is 11.8 Å². The fraction of sp³-hybridized carbons (Fsp3) is 0.192. The zero-order chi connectivity index (χ0) is 26.2. The summed E-state index contributed by atoms with van der Waals surface area (Å²) in [4.78, 5) is 38.4. The summed E-state index contributed by atoms with van der Waals surface area (Å²) in [5.41, 5.74) is 1.45. The molecule has 0 fully saturated rings. The fourth-order valence-electron chi connectivity index (χ4n) is 3.34. The van der Waals surface area contributed by atoms with Gasteiger partial charge in [-0.3, -0.25) is 19.3 Å². The molecular weight excluding hydrogens is 473 g/mol. The molecule has 1 atom stereocenters. The van der Waals surface area contributed by atoms with Gasteiger partial charge in [-0.25, -0.2) is 13.2 Å². The van der Waals surface area contributed by atoms with E-state index in [0.717, 1.165) is 11.6 Å². The van der Waals surface area contributed by atoms with Crippen LogP contribution in [0.15, 0.2) is 66.7 Å². The predicted molar refractivity (Wildman–Crippen MR) is 130 cm³/mol. The van der Waals surface area contributed by atoms with Crippen LogP contribution in [0, 0.1) is 17.5 Å². The van der Waals surface area contributed by atoms with E-state index in [2.05, 4.69) is 16.0 Å². The number of nitrogens with one attached hydrogen (secondary N) is 3. The quantitative estimate of drug-likeness (QED) is 0.388. The van der Waals surface area contributed by atoms with Gasteiger partial charge in [-0.2, -0.15) is 0 Å². The van der Waals surface area contributed by atoms with E-state index < -0.39 is 41.5 Å². The second kappa shape index (κ2) is 12.0. The van der Waals surface area contributed by atoms with Crippen molar-refractivity contribution in [3.05, 3.63) is 95.3 Å². The van der Waals surface area contributed by atoms with Gasteiger partial charge in [0, 0.05) is 17.3 Å². The summed E-state index contributed by atoms with van der Waals surface area (Å²) in [6, 6.07) is 17.4. The Labute approximate surface area is 206 Å². The Balaban J connectivity index is 1.51. The zero-order valence-electron chi connectivity index (χ0n) is 19.6. The molecule has 0 radical (unpaired) electrons. The van der Waals surface area contributed by atoms with Crippen LogP contribution in [0.25, 0.3) is 0 Å². The van der Waals surface area contributed by atoms with Crippen LogP contribution < -0.4 is 16.0 Å². The molecule has 0 saturated carbocycles. The molecule has 3 amide bonds. The molecule has 0 heterocycles. The van der Waals surface area contributed by atoms with E-state index in [9.17, 15) is 27.6 Å². The molecule has 0 aliphatic heterocycles. The first-order chi connectivity index (χ1) is 17.2. The van der Waals surface area contributed by atoms with Crippen molar-refractivity contribution in [2.75, 3.05) is 30.8 Å². The molecule has 10 heteroatoms. The number of carbonyl (C=O) groups excluding carboxylic acids is 3. The normalized spacial score (nSPS) is 11.6. The largest absolute Gasteiger partial charge is 0.346 e. The van der Waals surface area contributed by atoms with Crippen molar-refractivity contribution in [2.24, 2.45) is 0 Å². The van der Waals surface area contributed by atoms with Crippen molar-refractivity contribution in [1.29, 1.82) is 0 Å². The van der Waals surface area contributed by atoms with Gasteiger partial charge in [0.25, 0.3) is 5.91 Å². The molecule has 0 bridgehead atoms. The molecule has 3 N–H and O–H groups in total. The van der Waals surface area contributed by atoms with E-state index in [-0.39, 0.29) is 18.5 Å². The van der Waals surface area contributed by atoms with Gasteiger partial charge in [-0.1, -0.05) is 30.3 Å². The summed E-state index contributed by atoms with van der Waals surface area (Å²) in [7, 11) is 1.72. The molecule has 3 rings (SSSR count). The first-order valence-corrected chi connectivity index (χ1v) is 11.0. The number of carbonyl (C=O) groups is 3. The molecule has 0 spiro atoms. The van der Waals surface area contributed by atoms with Gasteiger partial charge in [0.05, 0.1) is 18.8 Å². The predicted octanol–water partition coefficient (Wildman–Crippen LogP) is 4.10. The highest BCUT2D eigenvalue weighted by molar-refractivity contribution is 6.04. The molecule has 0 saturated heterocycles. The third-order valence-electron chi connectivity index (χ3n) is 5.47.